The highest BCUT2D eigenvalue weighted by Gasteiger charge is 2.30. The lowest BCUT2D eigenvalue weighted by Gasteiger charge is -2.34. The van der Waals surface area contributed by atoms with Crippen LogP contribution in [0, 0.1) is 11.8 Å². The van der Waals surface area contributed by atoms with Crippen LogP contribution in [0.2, 0.25) is 0 Å². The van der Waals surface area contributed by atoms with Gasteiger partial charge in [0, 0.05) is 13.0 Å². The van der Waals surface area contributed by atoms with E-state index in [1.165, 1.54) is 31.4 Å². The van der Waals surface area contributed by atoms with E-state index in [0.29, 0.717) is 12.0 Å². The molecule has 2 aliphatic rings. The van der Waals surface area contributed by atoms with Gasteiger partial charge in [0.1, 0.15) is 0 Å². The Labute approximate surface area is 172 Å². The number of hydrogen-bond donors (Lipinski definition) is 1. The molecule has 1 aromatic rings. The fraction of sp³-hybridized carbons (Fsp3) is 0.696. The third-order valence-electron chi connectivity index (χ3n) is 6.59. The number of likely N-dealkylation sites (tertiary alicyclic amines) is 1. The van der Waals surface area contributed by atoms with Crippen LogP contribution >= 0.6 is 0 Å². The number of amides is 1. The number of carbonyl (C=O) groups is 1. The van der Waals surface area contributed by atoms with Crippen molar-refractivity contribution in [1.29, 1.82) is 0 Å². The molecule has 3 nitrogen and oxygen atoms in total. The van der Waals surface area contributed by atoms with Gasteiger partial charge in [0.2, 0.25) is 5.91 Å². The minimum Gasteiger partial charge on any atom is -0.354 e. The van der Waals surface area contributed by atoms with Gasteiger partial charge < -0.3 is 10.2 Å². The van der Waals surface area contributed by atoms with Crippen molar-refractivity contribution < 1.29 is 18.0 Å². The smallest absolute Gasteiger partial charge is 0.354 e. The van der Waals surface area contributed by atoms with Crippen LogP contribution in [-0.4, -0.2) is 36.5 Å². The third kappa shape index (κ3) is 7.02. The second-order valence-corrected chi connectivity index (χ2v) is 8.89. The zero-order valence-electron chi connectivity index (χ0n) is 17.3. The fourth-order valence-corrected chi connectivity index (χ4v) is 4.87. The molecule has 0 radical (unpaired) electrons. The second-order valence-electron chi connectivity index (χ2n) is 8.89. The van der Waals surface area contributed by atoms with Crippen molar-refractivity contribution in [2.24, 2.45) is 11.8 Å². The van der Waals surface area contributed by atoms with E-state index in [-0.39, 0.29) is 5.91 Å². The number of hydrogen-bond acceptors (Lipinski definition) is 2. The van der Waals surface area contributed by atoms with Crippen molar-refractivity contribution >= 4 is 5.91 Å². The Morgan fingerprint density at radius 1 is 1.07 bits per heavy atom. The van der Waals surface area contributed by atoms with Gasteiger partial charge in [-0.05, 0) is 94.5 Å². The third-order valence-corrected chi connectivity index (χ3v) is 6.59. The number of halogens is 3. The average molecular weight is 411 g/mol. The molecule has 3 rings (SSSR count). The van der Waals surface area contributed by atoms with E-state index in [9.17, 15) is 18.0 Å². The lowest BCUT2D eigenvalue weighted by molar-refractivity contribution is -0.137. The predicted octanol–water partition coefficient (Wildman–Crippen LogP) is 5.04. The van der Waals surface area contributed by atoms with Crippen molar-refractivity contribution in [2.45, 2.75) is 70.5 Å². The van der Waals surface area contributed by atoms with E-state index in [1.807, 2.05) is 6.07 Å². The molecular formula is C23H33F3N2O. The van der Waals surface area contributed by atoms with Crippen LogP contribution in [0.5, 0.6) is 0 Å². The number of rotatable bonds is 6. The van der Waals surface area contributed by atoms with Crippen LogP contribution in [-0.2, 0) is 17.4 Å². The summed E-state index contributed by atoms with van der Waals surface area (Å²) >= 11 is 0. The summed E-state index contributed by atoms with van der Waals surface area (Å²) in [5.41, 5.74) is 0.259. The van der Waals surface area contributed by atoms with Crippen molar-refractivity contribution in [2.75, 3.05) is 19.6 Å². The lowest BCUT2D eigenvalue weighted by atomic mass is 9.83. The summed E-state index contributed by atoms with van der Waals surface area (Å²) in [4.78, 5) is 13.7. The molecule has 1 aliphatic heterocycles. The van der Waals surface area contributed by atoms with E-state index in [0.717, 1.165) is 69.3 Å². The maximum absolute atomic E-state index is 12.9. The van der Waals surface area contributed by atoms with Crippen LogP contribution in [0.15, 0.2) is 24.3 Å². The summed E-state index contributed by atoms with van der Waals surface area (Å²) in [5, 5.41) is 3.03. The number of alkyl halides is 3. The van der Waals surface area contributed by atoms with Crippen LogP contribution < -0.4 is 5.32 Å². The highest BCUT2D eigenvalue weighted by molar-refractivity contribution is 5.73. The van der Waals surface area contributed by atoms with Crippen molar-refractivity contribution in [3.8, 4) is 0 Å². The van der Waals surface area contributed by atoms with E-state index in [1.54, 1.807) is 6.92 Å². The molecule has 0 aromatic heterocycles. The number of piperidine rings is 1. The Hall–Kier alpha value is -1.56. The molecule has 1 saturated carbocycles. The zero-order chi connectivity index (χ0) is 20.9. The Bertz CT molecular complexity index is 660. The monoisotopic (exact) mass is 410 g/mol. The number of benzene rings is 1. The van der Waals surface area contributed by atoms with Crippen molar-refractivity contribution in [1.82, 2.24) is 10.2 Å². The molecule has 2 fully saturated rings. The molecule has 6 heteroatoms. The summed E-state index contributed by atoms with van der Waals surface area (Å²) in [7, 11) is 0. The van der Waals surface area contributed by atoms with E-state index in [2.05, 4.69) is 10.2 Å². The van der Waals surface area contributed by atoms with Gasteiger partial charge in [-0.1, -0.05) is 18.2 Å². The molecule has 1 aromatic carbocycles. The quantitative estimate of drug-likeness (QED) is 0.712. The molecule has 1 aliphatic carbocycles. The van der Waals surface area contributed by atoms with Gasteiger partial charge in [-0.15, -0.1) is 0 Å². The highest BCUT2D eigenvalue weighted by atomic mass is 19.4. The molecule has 162 valence electrons. The molecule has 1 saturated heterocycles. The number of carbonyl (C=O) groups excluding carboxylic acids is 1. The summed E-state index contributed by atoms with van der Waals surface area (Å²) in [6, 6.07) is 6.15. The summed E-state index contributed by atoms with van der Waals surface area (Å²) < 4.78 is 38.7. The first-order chi connectivity index (χ1) is 13.8. The van der Waals surface area contributed by atoms with Crippen LogP contribution in [0.25, 0.3) is 0 Å². The summed E-state index contributed by atoms with van der Waals surface area (Å²) in [6.07, 6.45) is 4.37. The largest absolute Gasteiger partial charge is 0.416 e. The fourth-order valence-electron chi connectivity index (χ4n) is 4.87. The highest BCUT2D eigenvalue weighted by Crippen LogP contribution is 2.31. The molecule has 1 amide bonds. The zero-order valence-corrected chi connectivity index (χ0v) is 17.3. The summed E-state index contributed by atoms with van der Waals surface area (Å²) in [6.45, 7) is 4.80. The number of nitrogens with zero attached hydrogens (tertiary/aromatic N) is 1. The Morgan fingerprint density at radius 3 is 2.38 bits per heavy atom. The van der Waals surface area contributed by atoms with Gasteiger partial charge in [0.15, 0.2) is 0 Å². The number of nitrogens with one attached hydrogen (secondary N) is 1. The first kappa shape index (κ1) is 22.1. The Morgan fingerprint density at radius 2 is 1.76 bits per heavy atom. The van der Waals surface area contributed by atoms with Gasteiger partial charge in [0.05, 0.1) is 5.56 Å². The molecule has 0 unspecified atom stereocenters. The van der Waals surface area contributed by atoms with Gasteiger partial charge >= 0.3 is 6.18 Å². The van der Waals surface area contributed by atoms with Crippen LogP contribution in [0.1, 0.15) is 63.0 Å². The van der Waals surface area contributed by atoms with Crippen molar-refractivity contribution in [3.05, 3.63) is 35.4 Å². The second kappa shape index (κ2) is 9.96. The van der Waals surface area contributed by atoms with E-state index in [4.69, 9.17) is 0 Å². The van der Waals surface area contributed by atoms with Crippen LogP contribution in [0.4, 0.5) is 13.2 Å². The molecule has 1 N–H and O–H groups in total. The topological polar surface area (TPSA) is 32.3 Å². The van der Waals surface area contributed by atoms with Crippen LogP contribution in [0.3, 0.4) is 0 Å². The SMILES string of the molecule is CC(=O)NC1CCC(CCN2CCC(Cc3cccc(C(F)(F)F)c3)CC2)CC1. The molecule has 0 atom stereocenters. The maximum atomic E-state index is 12.9. The molecule has 1 heterocycles. The van der Waals surface area contributed by atoms with Crippen molar-refractivity contribution in [3.63, 3.8) is 0 Å². The first-order valence-electron chi connectivity index (χ1n) is 10.9. The standard InChI is InChI=1S/C23H33F3N2O/c1-17(29)27-22-7-5-18(6-8-22)9-12-28-13-10-19(11-14-28)15-20-3-2-4-21(16-20)23(24,25)26/h2-4,16,18-19,22H,5-15H2,1H3,(H,27,29). The Balaban J connectivity index is 1.35. The predicted molar refractivity (Wildman–Crippen MR) is 108 cm³/mol. The molecular weight excluding hydrogens is 377 g/mol. The lowest BCUT2D eigenvalue weighted by Crippen LogP contribution is -2.38. The van der Waals surface area contributed by atoms with Gasteiger partial charge in [0.25, 0.3) is 0 Å². The van der Waals surface area contributed by atoms with E-state index >= 15 is 0 Å². The average Bonchev–Trinajstić information content (AvgIpc) is 2.68. The molecule has 0 bridgehead atoms. The summed E-state index contributed by atoms with van der Waals surface area (Å²) in [5.74, 6) is 1.30. The normalized spacial score (nSPS) is 24.4. The Kier molecular flexibility index (Phi) is 7.60. The van der Waals surface area contributed by atoms with Gasteiger partial charge in [-0.2, -0.15) is 13.2 Å². The molecule has 29 heavy (non-hydrogen) atoms. The minimum absolute atomic E-state index is 0.0708. The van der Waals surface area contributed by atoms with Gasteiger partial charge in [-0.25, -0.2) is 0 Å². The minimum atomic E-state index is -4.26. The first-order valence-corrected chi connectivity index (χ1v) is 10.9. The maximum Gasteiger partial charge on any atom is 0.416 e. The van der Waals surface area contributed by atoms with E-state index < -0.39 is 11.7 Å². The molecule has 0 spiro atoms. The van der Waals surface area contributed by atoms with Gasteiger partial charge in [-0.3, -0.25) is 4.79 Å².